The largest absolute Gasteiger partial charge is 0.393 e. The fraction of sp³-hybridized carbons (Fsp3) is 0.625. The van der Waals surface area contributed by atoms with Gasteiger partial charge in [-0.3, -0.25) is 4.79 Å². The van der Waals surface area contributed by atoms with E-state index in [1.165, 1.54) is 0 Å². The summed E-state index contributed by atoms with van der Waals surface area (Å²) in [6.07, 6.45) is 5.19. The number of hydrogen-bond donors (Lipinski definition) is 2. The average Bonchev–Trinajstić information content (AvgIpc) is 2.55. The fourth-order valence-corrected chi connectivity index (χ4v) is 3.45. The van der Waals surface area contributed by atoms with E-state index in [1.54, 1.807) is 18.3 Å². The molecular formula is C16H24N4O2. The second-order valence-electron chi connectivity index (χ2n) is 6.26. The number of aliphatic hydroxyl groups is 1. The predicted octanol–water partition coefficient (Wildman–Crippen LogP) is 0.725. The first-order valence-electron chi connectivity index (χ1n) is 8.06. The fourth-order valence-electron chi connectivity index (χ4n) is 3.45. The van der Waals surface area contributed by atoms with E-state index in [0.29, 0.717) is 17.4 Å². The highest BCUT2D eigenvalue weighted by Crippen LogP contribution is 2.22. The van der Waals surface area contributed by atoms with Crippen LogP contribution in [-0.2, 0) is 0 Å². The van der Waals surface area contributed by atoms with Gasteiger partial charge in [-0.15, -0.1) is 0 Å². The quantitative estimate of drug-likeness (QED) is 0.841. The summed E-state index contributed by atoms with van der Waals surface area (Å²) in [6, 6.07) is 3.90. The van der Waals surface area contributed by atoms with Gasteiger partial charge in [0.05, 0.1) is 6.10 Å². The predicted molar refractivity (Wildman–Crippen MR) is 84.4 cm³/mol. The molecule has 2 aliphatic rings. The van der Waals surface area contributed by atoms with Crippen LogP contribution in [0.4, 0.5) is 5.82 Å². The number of carbonyl (C=O) groups excluding carboxylic acids is 1. The highest BCUT2D eigenvalue weighted by atomic mass is 16.3. The molecule has 2 saturated heterocycles. The summed E-state index contributed by atoms with van der Waals surface area (Å²) < 4.78 is 0. The first-order valence-corrected chi connectivity index (χ1v) is 8.06. The number of rotatable bonds is 2. The Morgan fingerprint density at radius 1 is 1.18 bits per heavy atom. The Bertz CT molecular complexity index is 521. The minimum atomic E-state index is -0.130. The van der Waals surface area contributed by atoms with E-state index >= 15 is 0 Å². The summed E-state index contributed by atoms with van der Waals surface area (Å²) in [5, 5.41) is 9.59. The van der Waals surface area contributed by atoms with Gasteiger partial charge in [-0.2, -0.15) is 0 Å². The zero-order valence-corrected chi connectivity index (χ0v) is 12.8. The van der Waals surface area contributed by atoms with Crippen LogP contribution in [0.2, 0.25) is 0 Å². The molecule has 0 radical (unpaired) electrons. The minimum absolute atomic E-state index is 0.0432. The van der Waals surface area contributed by atoms with Crippen molar-refractivity contribution in [1.29, 1.82) is 0 Å². The molecule has 22 heavy (non-hydrogen) atoms. The zero-order valence-electron chi connectivity index (χ0n) is 12.8. The van der Waals surface area contributed by atoms with Crippen molar-refractivity contribution in [2.75, 3.05) is 31.9 Å². The standard InChI is InChI=1S/C16H24N4O2/c17-15-11-12(1-6-18-15)16(22)20-7-2-13(3-8-20)19-9-4-14(21)5-10-19/h1,6,11,13-14,21H,2-5,7-10H2,(H2,17,18). The number of likely N-dealkylation sites (tertiary alicyclic amines) is 2. The molecule has 0 saturated carbocycles. The normalized spacial score (nSPS) is 22.0. The van der Waals surface area contributed by atoms with Crippen LogP contribution >= 0.6 is 0 Å². The van der Waals surface area contributed by atoms with Crippen molar-refractivity contribution in [3.8, 4) is 0 Å². The monoisotopic (exact) mass is 304 g/mol. The summed E-state index contributed by atoms with van der Waals surface area (Å²) in [7, 11) is 0. The molecule has 3 heterocycles. The molecule has 0 bridgehead atoms. The first kappa shape index (κ1) is 15.2. The van der Waals surface area contributed by atoms with E-state index < -0.39 is 0 Å². The molecular weight excluding hydrogens is 280 g/mol. The Morgan fingerprint density at radius 2 is 1.86 bits per heavy atom. The molecule has 0 atom stereocenters. The number of nitrogens with zero attached hydrogens (tertiary/aromatic N) is 3. The Labute approximate surface area is 130 Å². The van der Waals surface area contributed by atoms with Crippen molar-refractivity contribution < 1.29 is 9.90 Å². The molecule has 0 aliphatic carbocycles. The lowest BCUT2D eigenvalue weighted by Crippen LogP contribution is -2.49. The van der Waals surface area contributed by atoms with Crippen LogP contribution in [0.3, 0.4) is 0 Å². The maximum absolute atomic E-state index is 12.5. The maximum Gasteiger partial charge on any atom is 0.254 e. The van der Waals surface area contributed by atoms with E-state index in [-0.39, 0.29) is 12.0 Å². The third-order valence-electron chi connectivity index (χ3n) is 4.80. The van der Waals surface area contributed by atoms with E-state index in [9.17, 15) is 9.90 Å². The first-order chi connectivity index (χ1) is 10.6. The van der Waals surface area contributed by atoms with Crippen molar-refractivity contribution in [3.63, 3.8) is 0 Å². The molecule has 2 fully saturated rings. The summed E-state index contributed by atoms with van der Waals surface area (Å²) in [4.78, 5) is 20.8. The highest BCUT2D eigenvalue weighted by molar-refractivity contribution is 5.94. The molecule has 0 spiro atoms. The Hall–Kier alpha value is -1.66. The SMILES string of the molecule is Nc1cc(C(=O)N2CCC(N3CCC(O)CC3)CC2)ccn1. The van der Waals surface area contributed by atoms with Crippen molar-refractivity contribution >= 4 is 11.7 Å². The van der Waals surface area contributed by atoms with Gasteiger partial charge in [-0.05, 0) is 37.8 Å². The van der Waals surface area contributed by atoms with Gasteiger partial charge in [0.25, 0.3) is 5.91 Å². The van der Waals surface area contributed by atoms with Gasteiger partial charge in [0.15, 0.2) is 0 Å². The van der Waals surface area contributed by atoms with Gasteiger partial charge in [0.1, 0.15) is 5.82 Å². The third-order valence-corrected chi connectivity index (χ3v) is 4.80. The van der Waals surface area contributed by atoms with Gasteiger partial charge in [0.2, 0.25) is 0 Å². The number of anilines is 1. The zero-order chi connectivity index (χ0) is 15.5. The van der Waals surface area contributed by atoms with Crippen LogP contribution in [0, 0.1) is 0 Å². The summed E-state index contributed by atoms with van der Waals surface area (Å²) in [5.74, 6) is 0.425. The molecule has 0 aromatic carbocycles. The molecule has 6 heteroatoms. The van der Waals surface area contributed by atoms with Crippen molar-refractivity contribution in [3.05, 3.63) is 23.9 Å². The molecule has 6 nitrogen and oxygen atoms in total. The van der Waals surface area contributed by atoms with Crippen LogP contribution in [0.5, 0.6) is 0 Å². The topological polar surface area (TPSA) is 82.7 Å². The average molecular weight is 304 g/mol. The molecule has 1 amide bonds. The molecule has 120 valence electrons. The number of nitrogen functional groups attached to an aromatic ring is 1. The number of piperidine rings is 2. The van der Waals surface area contributed by atoms with Crippen LogP contribution in [0.25, 0.3) is 0 Å². The van der Waals surface area contributed by atoms with Gasteiger partial charge in [-0.25, -0.2) is 4.98 Å². The third kappa shape index (κ3) is 3.39. The molecule has 1 aromatic rings. The lowest BCUT2D eigenvalue weighted by Gasteiger charge is -2.41. The number of carbonyl (C=O) groups is 1. The summed E-state index contributed by atoms with van der Waals surface area (Å²) >= 11 is 0. The van der Waals surface area contributed by atoms with E-state index in [2.05, 4.69) is 9.88 Å². The second kappa shape index (κ2) is 6.62. The van der Waals surface area contributed by atoms with Gasteiger partial charge in [-0.1, -0.05) is 0 Å². The van der Waals surface area contributed by atoms with Crippen molar-refractivity contribution in [1.82, 2.24) is 14.8 Å². The van der Waals surface area contributed by atoms with Crippen molar-refractivity contribution in [2.24, 2.45) is 0 Å². The number of aliphatic hydroxyl groups excluding tert-OH is 1. The number of pyridine rings is 1. The van der Waals surface area contributed by atoms with Crippen LogP contribution < -0.4 is 5.73 Å². The molecule has 3 N–H and O–H groups in total. The number of amides is 1. The van der Waals surface area contributed by atoms with Crippen LogP contribution in [0.1, 0.15) is 36.0 Å². The summed E-state index contributed by atoms with van der Waals surface area (Å²) in [5.41, 5.74) is 6.27. The van der Waals surface area contributed by atoms with E-state index in [0.717, 1.165) is 51.9 Å². The maximum atomic E-state index is 12.5. The van der Waals surface area contributed by atoms with Gasteiger partial charge >= 0.3 is 0 Å². The Kier molecular flexibility index (Phi) is 4.59. The molecule has 2 aliphatic heterocycles. The number of aromatic nitrogens is 1. The van der Waals surface area contributed by atoms with Gasteiger partial charge in [0, 0.05) is 44.0 Å². The smallest absolute Gasteiger partial charge is 0.254 e. The van der Waals surface area contributed by atoms with E-state index in [4.69, 9.17) is 5.73 Å². The number of nitrogens with two attached hydrogens (primary N) is 1. The Balaban J connectivity index is 1.54. The molecule has 3 rings (SSSR count). The highest BCUT2D eigenvalue weighted by Gasteiger charge is 2.29. The van der Waals surface area contributed by atoms with Gasteiger partial charge < -0.3 is 20.6 Å². The number of hydrogen-bond acceptors (Lipinski definition) is 5. The minimum Gasteiger partial charge on any atom is -0.393 e. The van der Waals surface area contributed by atoms with E-state index in [1.807, 2.05) is 4.90 Å². The van der Waals surface area contributed by atoms with Crippen molar-refractivity contribution in [2.45, 2.75) is 37.8 Å². The van der Waals surface area contributed by atoms with Crippen LogP contribution in [0.15, 0.2) is 18.3 Å². The van der Waals surface area contributed by atoms with Crippen LogP contribution in [-0.4, -0.2) is 64.1 Å². The molecule has 1 aromatic heterocycles. The summed E-state index contributed by atoms with van der Waals surface area (Å²) in [6.45, 7) is 3.51. The Morgan fingerprint density at radius 3 is 2.50 bits per heavy atom. The second-order valence-corrected chi connectivity index (χ2v) is 6.26. The lowest BCUT2D eigenvalue weighted by molar-refractivity contribution is 0.0357. The molecule has 0 unspecified atom stereocenters. The lowest BCUT2D eigenvalue weighted by atomic mass is 9.98.